The number of fused-ring (bicyclic) bond motifs is 3. The summed E-state index contributed by atoms with van der Waals surface area (Å²) in [6.45, 7) is 1.45. The van der Waals surface area contributed by atoms with E-state index in [-0.39, 0.29) is 0 Å². The predicted octanol–water partition coefficient (Wildman–Crippen LogP) is 5.52. The molecular weight excluding hydrogens is 497 g/mol. The fraction of sp³-hybridized carbons (Fsp3) is 0.120. The van der Waals surface area contributed by atoms with Gasteiger partial charge in [0.15, 0.2) is 0 Å². The molecule has 5 aromatic rings. The van der Waals surface area contributed by atoms with Crippen molar-refractivity contribution >= 4 is 56.2 Å². The van der Waals surface area contributed by atoms with Crippen LogP contribution in [0.3, 0.4) is 0 Å². The van der Waals surface area contributed by atoms with Crippen LogP contribution in [0, 0.1) is 3.57 Å². The minimum atomic E-state index is 0.291. The molecule has 2 heterocycles. The largest absolute Gasteiger partial charge is 0.368 e. The molecule has 0 unspecified atom stereocenters. The molecule has 5 rings (SSSR count). The van der Waals surface area contributed by atoms with Crippen molar-refractivity contribution in [2.75, 3.05) is 10.6 Å². The number of hydrogen-bond donors (Lipinski definition) is 1. The smallest absolute Gasteiger partial charge is 0.222 e. The van der Waals surface area contributed by atoms with E-state index in [9.17, 15) is 0 Å². The normalized spacial score (nSPS) is 11.3. The topological polar surface area (TPSA) is 60.0 Å². The van der Waals surface area contributed by atoms with Crippen LogP contribution in [0.5, 0.6) is 0 Å². The van der Waals surface area contributed by atoms with Gasteiger partial charge in [-0.1, -0.05) is 60.7 Å². The zero-order valence-corrected chi connectivity index (χ0v) is 19.3. The van der Waals surface area contributed by atoms with Gasteiger partial charge in [-0.25, -0.2) is 4.98 Å². The van der Waals surface area contributed by atoms with E-state index in [1.54, 1.807) is 0 Å². The Bertz CT molecular complexity index is 1320. The summed E-state index contributed by atoms with van der Waals surface area (Å²) in [7, 11) is 2.07. The summed E-state index contributed by atoms with van der Waals surface area (Å²) < 4.78 is 3.30. The van der Waals surface area contributed by atoms with Crippen LogP contribution in [-0.4, -0.2) is 14.5 Å². The van der Waals surface area contributed by atoms with Gasteiger partial charge >= 0.3 is 0 Å². The van der Waals surface area contributed by atoms with E-state index >= 15 is 0 Å². The van der Waals surface area contributed by atoms with Gasteiger partial charge in [0, 0.05) is 35.3 Å². The molecular formula is C25H22IN5. The van der Waals surface area contributed by atoms with Crippen molar-refractivity contribution in [3.05, 3.63) is 93.7 Å². The standard InChI is InChI=1S/C25H22IN5/c1-30-13-12-19-22-21(14-20(26)23(19)30)28-25(27)29-24(22)31(15-17-8-4-2-5-9-17)16-18-10-6-3-7-11-18/h2-14H,15-16H2,1H3,(H2,27,28,29). The third-order valence-corrected chi connectivity index (χ3v) is 6.32. The summed E-state index contributed by atoms with van der Waals surface area (Å²) in [4.78, 5) is 11.6. The van der Waals surface area contributed by atoms with E-state index in [1.807, 2.05) is 12.1 Å². The number of hydrogen-bond acceptors (Lipinski definition) is 4. The lowest BCUT2D eigenvalue weighted by Gasteiger charge is -2.26. The first kappa shape index (κ1) is 19.8. The Balaban J connectivity index is 1.74. The van der Waals surface area contributed by atoms with E-state index < -0.39 is 0 Å². The van der Waals surface area contributed by atoms with Crippen molar-refractivity contribution in [1.82, 2.24) is 14.5 Å². The predicted molar refractivity (Wildman–Crippen MR) is 136 cm³/mol. The first-order chi connectivity index (χ1) is 15.1. The highest BCUT2D eigenvalue weighted by Crippen LogP contribution is 2.36. The average Bonchev–Trinajstić information content (AvgIpc) is 3.16. The summed E-state index contributed by atoms with van der Waals surface area (Å²) in [6, 6.07) is 25.2. The molecule has 5 nitrogen and oxygen atoms in total. The number of nitrogens with zero attached hydrogens (tertiary/aromatic N) is 4. The second kappa shape index (κ2) is 8.19. The minimum Gasteiger partial charge on any atom is -0.368 e. The lowest BCUT2D eigenvalue weighted by atomic mass is 10.1. The number of aromatic nitrogens is 3. The fourth-order valence-electron chi connectivity index (χ4n) is 4.11. The molecule has 0 bridgehead atoms. The third-order valence-electron chi connectivity index (χ3n) is 5.50. The third kappa shape index (κ3) is 3.83. The number of nitrogens with two attached hydrogens (primary N) is 1. The lowest BCUT2D eigenvalue weighted by Crippen LogP contribution is -2.24. The number of rotatable bonds is 5. The maximum atomic E-state index is 6.19. The fourth-order valence-corrected chi connectivity index (χ4v) is 5.07. The van der Waals surface area contributed by atoms with Gasteiger partial charge in [0.2, 0.25) is 5.95 Å². The van der Waals surface area contributed by atoms with Gasteiger partial charge in [-0.3, -0.25) is 0 Å². The molecule has 0 atom stereocenters. The van der Waals surface area contributed by atoms with Crippen molar-refractivity contribution in [1.29, 1.82) is 0 Å². The quantitative estimate of drug-likeness (QED) is 0.311. The van der Waals surface area contributed by atoms with Crippen LogP contribution in [0.4, 0.5) is 11.8 Å². The highest BCUT2D eigenvalue weighted by atomic mass is 127. The molecule has 0 aliphatic rings. The van der Waals surface area contributed by atoms with Gasteiger partial charge in [-0.15, -0.1) is 0 Å². The Morgan fingerprint density at radius 2 is 1.52 bits per heavy atom. The highest BCUT2D eigenvalue weighted by molar-refractivity contribution is 14.1. The monoisotopic (exact) mass is 519 g/mol. The van der Waals surface area contributed by atoms with Crippen molar-refractivity contribution in [3.63, 3.8) is 0 Å². The summed E-state index contributed by atoms with van der Waals surface area (Å²) in [5.74, 6) is 1.16. The molecule has 0 radical (unpaired) electrons. The minimum absolute atomic E-state index is 0.291. The van der Waals surface area contributed by atoms with Crippen LogP contribution in [0.1, 0.15) is 11.1 Å². The van der Waals surface area contributed by atoms with Crippen molar-refractivity contribution < 1.29 is 0 Å². The van der Waals surface area contributed by atoms with Gasteiger partial charge in [0.05, 0.1) is 16.4 Å². The summed E-state index contributed by atoms with van der Waals surface area (Å²) in [6.07, 6.45) is 2.09. The van der Waals surface area contributed by atoms with Crippen LogP contribution >= 0.6 is 22.6 Å². The summed E-state index contributed by atoms with van der Waals surface area (Å²) >= 11 is 2.37. The summed E-state index contributed by atoms with van der Waals surface area (Å²) in [5.41, 5.74) is 10.7. The molecule has 2 N–H and O–H groups in total. The molecule has 154 valence electrons. The molecule has 0 amide bonds. The van der Waals surface area contributed by atoms with Crippen molar-refractivity contribution in [2.45, 2.75) is 13.1 Å². The van der Waals surface area contributed by atoms with Crippen LogP contribution in [0.25, 0.3) is 21.8 Å². The molecule has 0 fully saturated rings. The molecule has 0 aliphatic carbocycles. The maximum Gasteiger partial charge on any atom is 0.222 e. The zero-order chi connectivity index (χ0) is 21.4. The number of anilines is 2. The van der Waals surface area contributed by atoms with E-state index in [0.29, 0.717) is 5.95 Å². The number of benzene rings is 3. The zero-order valence-electron chi connectivity index (χ0n) is 17.2. The van der Waals surface area contributed by atoms with Gasteiger partial charge in [0.25, 0.3) is 0 Å². The number of halogens is 1. The van der Waals surface area contributed by atoms with E-state index in [1.165, 1.54) is 16.6 Å². The van der Waals surface area contributed by atoms with Crippen LogP contribution in [0.2, 0.25) is 0 Å². The van der Waals surface area contributed by atoms with Crippen molar-refractivity contribution in [3.8, 4) is 0 Å². The first-order valence-electron chi connectivity index (χ1n) is 10.1. The average molecular weight is 519 g/mol. The van der Waals surface area contributed by atoms with Crippen LogP contribution < -0.4 is 10.6 Å². The molecule has 6 heteroatoms. The molecule has 31 heavy (non-hydrogen) atoms. The Morgan fingerprint density at radius 3 is 2.13 bits per heavy atom. The van der Waals surface area contributed by atoms with Crippen molar-refractivity contribution in [2.24, 2.45) is 7.05 Å². The Kier molecular flexibility index (Phi) is 5.23. The first-order valence-corrected chi connectivity index (χ1v) is 11.2. The summed E-state index contributed by atoms with van der Waals surface area (Å²) in [5, 5.41) is 2.18. The number of aryl methyl sites for hydroxylation is 1. The molecule has 0 aliphatic heterocycles. The van der Waals surface area contributed by atoms with Crippen LogP contribution in [0.15, 0.2) is 79.0 Å². The lowest BCUT2D eigenvalue weighted by molar-refractivity contribution is 0.787. The van der Waals surface area contributed by atoms with Crippen LogP contribution in [-0.2, 0) is 20.1 Å². The Labute approximate surface area is 194 Å². The second-order valence-electron chi connectivity index (χ2n) is 7.67. The molecule has 3 aromatic carbocycles. The number of nitrogen functional groups attached to an aromatic ring is 1. The second-order valence-corrected chi connectivity index (χ2v) is 8.84. The highest BCUT2D eigenvalue weighted by Gasteiger charge is 2.19. The van der Waals surface area contributed by atoms with E-state index in [2.05, 4.69) is 111 Å². The van der Waals surface area contributed by atoms with Gasteiger partial charge in [-0.2, -0.15) is 4.98 Å². The van der Waals surface area contributed by atoms with Gasteiger partial charge in [0.1, 0.15) is 5.82 Å². The maximum absolute atomic E-state index is 6.19. The molecule has 2 aromatic heterocycles. The Hall–Kier alpha value is -3.13. The van der Waals surface area contributed by atoms with E-state index in [0.717, 1.165) is 38.8 Å². The van der Waals surface area contributed by atoms with Gasteiger partial charge < -0.3 is 15.2 Å². The van der Waals surface area contributed by atoms with Gasteiger partial charge in [-0.05, 0) is 45.9 Å². The molecule has 0 saturated heterocycles. The molecule has 0 saturated carbocycles. The Morgan fingerprint density at radius 1 is 0.903 bits per heavy atom. The van der Waals surface area contributed by atoms with E-state index in [4.69, 9.17) is 10.7 Å². The molecule has 0 spiro atoms. The SMILES string of the molecule is Cn1ccc2c3c(N(Cc4ccccc4)Cc4ccccc4)nc(N)nc3cc(I)c21.